The van der Waals surface area contributed by atoms with Gasteiger partial charge in [-0.05, 0) is 38.2 Å². The Morgan fingerprint density at radius 1 is 1.42 bits per heavy atom. The van der Waals surface area contributed by atoms with Gasteiger partial charge < -0.3 is 9.55 Å². The van der Waals surface area contributed by atoms with Crippen LogP contribution in [-0.2, 0) is 16.4 Å². The second kappa shape index (κ2) is 4.42. The van der Waals surface area contributed by atoms with Gasteiger partial charge in [-0.1, -0.05) is 6.07 Å². The lowest BCUT2D eigenvalue weighted by molar-refractivity contribution is 0.506. The molecule has 0 saturated heterocycles. The van der Waals surface area contributed by atoms with Crippen molar-refractivity contribution >= 4 is 33.1 Å². The van der Waals surface area contributed by atoms with Crippen LogP contribution in [0.3, 0.4) is 0 Å². The van der Waals surface area contributed by atoms with Crippen molar-refractivity contribution in [3.63, 3.8) is 0 Å². The fraction of sp³-hybridized carbons (Fsp3) is 0.417. The number of hydrogen-bond acceptors (Lipinski definition) is 3. The number of aromatic amines is 1. The highest BCUT2D eigenvalue weighted by molar-refractivity contribution is 7.92. The van der Waals surface area contributed by atoms with Gasteiger partial charge in [0.2, 0.25) is 0 Å². The number of aromatic nitrogens is 2. The zero-order valence-electron chi connectivity index (χ0n) is 10.9. The Labute approximate surface area is 116 Å². The third-order valence-corrected chi connectivity index (χ3v) is 5.76. The highest BCUT2D eigenvalue weighted by Crippen LogP contribution is 2.23. The average Bonchev–Trinajstić information content (AvgIpc) is 2.56. The second-order valence-electron chi connectivity index (χ2n) is 5.18. The van der Waals surface area contributed by atoms with Crippen molar-refractivity contribution in [3.05, 3.63) is 28.8 Å². The van der Waals surface area contributed by atoms with Crippen LogP contribution in [0.5, 0.6) is 0 Å². The molecule has 0 aliphatic heterocycles. The third-order valence-electron chi connectivity index (χ3n) is 3.30. The molecule has 1 heterocycles. The lowest BCUT2D eigenvalue weighted by Crippen LogP contribution is -2.35. The number of hydrogen-bond donors (Lipinski definition) is 1. The normalized spacial score (nSPS) is 13.1. The molecule has 4 nitrogen and oxygen atoms in total. The van der Waals surface area contributed by atoms with Gasteiger partial charge >= 0.3 is 0 Å². The summed E-state index contributed by atoms with van der Waals surface area (Å²) in [6.07, 6.45) is 1.19. The number of nitrogens with zero attached hydrogens (tertiary/aromatic N) is 1. The number of sulfone groups is 1. The van der Waals surface area contributed by atoms with Crippen molar-refractivity contribution in [2.75, 3.05) is 6.26 Å². The molecule has 0 radical (unpaired) electrons. The fourth-order valence-corrected chi connectivity index (χ4v) is 2.43. The zero-order chi connectivity index (χ0) is 14.4. The maximum absolute atomic E-state index is 13.6. The molecule has 0 spiro atoms. The summed E-state index contributed by atoms with van der Waals surface area (Å²) in [5.74, 6) is -0.403. The molecule has 0 fully saturated rings. The van der Waals surface area contributed by atoms with E-state index in [1.54, 1.807) is 30.5 Å². The molecule has 2 rings (SSSR count). The van der Waals surface area contributed by atoms with Crippen LogP contribution in [0.1, 0.15) is 13.8 Å². The first-order chi connectivity index (χ1) is 8.63. The second-order valence-corrected chi connectivity index (χ2v) is 8.22. The van der Waals surface area contributed by atoms with Crippen LogP contribution < -0.4 is 0 Å². The summed E-state index contributed by atoms with van der Waals surface area (Å²) in [6, 6.07) is 4.62. The van der Waals surface area contributed by atoms with Gasteiger partial charge in [0.25, 0.3) is 0 Å². The first-order valence-corrected chi connectivity index (χ1v) is 8.00. The molecule has 1 N–H and O–H groups in total. The summed E-state index contributed by atoms with van der Waals surface area (Å²) in [7, 11) is -3.25. The zero-order valence-corrected chi connectivity index (χ0v) is 12.5. The van der Waals surface area contributed by atoms with Crippen LogP contribution in [0, 0.1) is 10.6 Å². The molecule has 1 aromatic carbocycles. The van der Waals surface area contributed by atoms with E-state index < -0.39 is 20.4 Å². The SMILES string of the molecule is CC(C)(Cn1c(=S)[nH]c2c(F)cccc21)S(C)(=O)=O. The van der Waals surface area contributed by atoms with Crippen LogP contribution in [-0.4, -0.2) is 29.0 Å². The van der Waals surface area contributed by atoms with Crippen molar-refractivity contribution in [2.45, 2.75) is 25.1 Å². The molecule has 0 aliphatic carbocycles. The summed E-state index contributed by atoms with van der Waals surface area (Å²) < 4.78 is 38.1. The van der Waals surface area contributed by atoms with E-state index in [0.717, 1.165) is 0 Å². The number of imidazole rings is 1. The Kier molecular flexibility index (Phi) is 3.30. The standard InChI is InChI=1S/C12H15FN2O2S2/c1-12(2,19(3,16)17)7-15-9-6-4-5-8(13)10(9)14-11(15)18/h4-6H,7H2,1-3H3,(H,14,18). The molecule has 1 aromatic heterocycles. The van der Waals surface area contributed by atoms with Gasteiger partial charge in [-0.15, -0.1) is 0 Å². The first kappa shape index (κ1) is 14.2. The van der Waals surface area contributed by atoms with E-state index in [4.69, 9.17) is 12.2 Å². The summed E-state index contributed by atoms with van der Waals surface area (Å²) in [5.41, 5.74) is 0.874. The van der Waals surface area contributed by atoms with Gasteiger partial charge in [-0.3, -0.25) is 0 Å². The minimum Gasteiger partial charge on any atom is -0.328 e. The number of nitrogens with one attached hydrogen (secondary N) is 1. The Morgan fingerprint density at radius 3 is 2.63 bits per heavy atom. The molecule has 0 amide bonds. The van der Waals surface area contributed by atoms with Crippen molar-refractivity contribution < 1.29 is 12.8 Å². The Hall–Kier alpha value is -1.21. The van der Waals surface area contributed by atoms with Gasteiger partial charge in [0, 0.05) is 12.8 Å². The highest BCUT2D eigenvalue weighted by Gasteiger charge is 2.31. The molecule has 0 bridgehead atoms. The summed E-state index contributed by atoms with van der Waals surface area (Å²) in [5, 5.41) is 0. The summed E-state index contributed by atoms with van der Waals surface area (Å²) in [6.45, 7) is 3.43. The predicted octanol–water partition coefficient (Wildman–Crippen LogP) is 2.66. The number of fused-ring (bicyclic) bond motifs is 1. The molecule has 0 unspecified atom stereocenters. The number of para-hydroxylation sites is 1. The van der Waals surface area contributed by atoms with E-state index in [0.29, 0.717) is 15.8 Å². The fourth-order valence-electron chi connectivity index (χ4n) is 1.80. The quantitative estimate of drug-likeness (QED) is 0.887. The third kappa shape index (κ3) is 2.44. The predicted molar refractivity (Wildman–Crippen MR) is 76.0 cm³/mol. The van der Waals surface area contributed by atoms with Crippen LogP contribution >= 0.6 is 12.2 Å². The van der Waals surface area contributed by atoms with E-state index in [-0.39, 0.29) is 6.54 Å². The molecule has 19 heavy (non-hydrogen) atoms. The maximum atomic E-state index is 13.6. The van der Waals surface area contributed by atoms with Gasteiger partial charge in [0.15, 0.2) is 14.6 Å². The van der Waals surface area contributed by atoms with Gasteiger partial charge in [-0.2, -0.15) is 0 Å². The maximum Gasteiger partial charge on any atom is 0.178 e. The molecular weight excluding hydrogens is 287 g/mol. The molecule has 0 aliphatic rings. The van der Waals surface area contributed by atoms with E-state index in [2.05, 4.69) is 4.98 Å². The van der Waals surface area contributed by atoms with Gasteiger partial charge in [0.1, 0.15) is 11.3 Å². The molecule has 104 valence electrons. The molecular formula is C12H15FN2O2S2. The highest BCUT2D eigenvalue weighted by atomic mass is 32.2. The van der Waals surface area contributed by atoms with Gasteiger partial charge in [-0.25, -0.2) is 12.8 Å². The lowest BCUT2D eigenvalue weighted by Gasteiger charge is -2.23. The van der Waals surface area contributed by atoms with E-state index in [1.165, 1.54) is 12.3 Å². The number of rotatable bonds is 3. The number of benzene rings is 1. The van der Waals surface area contributed by atoms with E-state index in [1.807, 2.05) is 0 Å². The Morgan fingerprint density at radius 2 is 2.05 bits per heavy atom. The van der Waals surface area contributed by atoms with Crippen LogP contribution in [0.15, 0.2) is 18.2 Å². The summed E-state index contributed by atoms with van der Waals surface area (Å²) >= 11 is 5.15. The van der Waals surface area contributed by atoms with Crippen LogP contribution in [0.2, 0.25) is 0 Å². The molecule has 0 atom stereocenters. The average molecular weight is 302 g/mol. The van der Waals surface area contributed by atoms with Crippen molar-refractivity contribution in [3.8, 4) is 0 Å². The van der Waals surface area contributed by atoms with E-state index >= 15 is 0 Å². The number of halogens is 1. The molecule has 0 saturated carbocycles. The van der Waals surface area contributed by atoms with E-state index in [9.17, 15) is 12.8 Å². The topological polar surface area (TPSA) is 54.9 Å². The number of H-pyrrole nitrogens is 1. The lowest BCUT2D eigenvalue weighted by atomic mass is 10.2. The van der Waals surface area contributed by atoms with Gasteiger partial charge in [0.05, 0.1) is 10.3 Å². The van der Waals surface area contributed by atoms with Crippen LogP contribution in [0.4, 0.5) is 4.39 Å². The van der Waals surface area contributed by atoms with Crippen LogP contribution in [0.25, 0.3) is 11.0 Å². The van der Waals surface area contributed by atoms with Crippen molar-refractivity contribution in [1.29, 1.82) is 0 Å². The minimum absolute atomic E-state index is 0.175. The first-order valence-electron chi connectivity index (χ1n) is 5.70. The Bertz CT molecular complexity index is 788. The van der Waals surface area contributed by atoms with Crippen molar-refractivity contribution in [1.82, 2.24) is 9.55 Å². The smallest absolute Gasteiger partial charge is 0.178 e. The minimum atomic E-state index is -3.25. The largest absolute Gasteiger partial charge is 0.328 e. The molecule has 7 heteroatoms. The Balaban J connectivity index is 2.62. The molecule has 2 aromatic rings. The monoisotopic (exact) mass is 302 g/mol. The summed E-state index contributed by atoms with van der Waals surface area (Å²) in [4.78, 5) is 2.78. The van der Waals surface area contributed by atoms with Crippen molar-refractivity contribution in [2.24, 2.45) is 0 Å².